The Morgan fingerprint density at radius 3 is 2.79 bits per heavy atom. The van der Waals surface area contributed by atoms with Gasteiger partial charge in [-0.15, -0.1) is 0 Å². The first-order valence-corrected chi connectivity index (χ1v) is 10.1. The van der Waals surface area contributed by atoms with Crippen molar-refractivity contribution in [2.75, 3.05) is 45.2 Å². The van der Waals surface area contributed by atoms with Crippen LogP contribution in [0.4, 0.5) is 10.5 Å². The Bertz CT molecular complexity index is 870. The standard InChI is InChI=1S/C21H28N6O2/c1-4-16-13-27-14-22-19(12-20(27)23-16)25-7-9-26(10-8-25)21(28)24-17-11-15(2)5-6-18(17)29-3/h5-6,11-12,14,16H,4,7-10,13H2,1-3H3,(H,24,28). The average Bonchev–Trinajstić information content (AvgIpc) is 3.16. The molecule has 3 aliphatic heterocycles. The van der Waals surface area contributed by atoms with Crippen molar-refractivity contribution in [1.82, 2.24) is 14.7 Å². The van der Waals surface area contributed by atoms with Crippen LogP contribution in [0.1, 0.15) is 18.9 Å². The van der Waals surface area contributed by atoms with Crippen molar-refractivity contribution in [3.05, 3.63) is 35.7 Å². The predicted molar refractivity (Wildman–Crippen MR) is 115 cm³/mol. The summed E-state index contributed by atoms with van der Waals surface area (Å²) in [7, 11) is 1.61. The number of amides is 2. The maximum atomic E-state index is 12.7. The van der Waals surface area contributed by atoms with Crippen molar-refractivity contribution in [1.29, 1.82) is 0 Å². The highest BCUT2D eigenvalue weighted by molar-refractivity contribution is 6.03. The van der Waals surface area contributed by atoms with E-state index in [1.165, 1.54) is 0 Å². The molecular formula is C21H28N6O2. The van der Waals surface area contributed by atoms with Gasteiger partial charge in [-0.25, -0.2) is 9.79 Å². The predicted octanol–water partition coefficient (Wildman–Crippen LogP) is 2.53. The summed E-state index contributed by atoms with van der Waals surface area (Å²) in [6, 6.07) is 6.00. The first kappa shape index (κ1) is 19.3. The lowest BCUT2D eigenvalue weighted by molar-refractivity contribution is 0.166. The van der Waals surface area contributed by atoms with E-state index in [0.29, 0.717) is 30.6 Å². The number of aryl methyl sites for hydroxylation is 1. The number of piperazine rings is 1. The van der Waals surface area contributed by atoms with Crippen molar-refractivity contribution in [3.8, 4) is 5.75 Å². The Balaban J connectivity index is 1.36. The number of benzene rings is 1. The summed E-state index contributed by atoms with van der Waals surface area (Å²) >= 11 is 0. The minimum atomic E-state index is -0.105. The summed E-state index contributed by atoms with van der Waals surface area (Å²) in [4.78, 5) is 28.2. The smallest absolute Gasteiger partial charge is 0.322 e. The van der Waals surface area contributed by atoms with Gasteiger partial charge in [0.15, 0.2) is 0 Å². The summed E-state index contributed by atoms with van der Waals surface area (Å²) in [6.07, 6.45) is 4.98. The van der Waals surface area contributed by atoms with Crippen LogP contribution >= 0.6 is 0 Å². The Morgan fingerprint density at radius 2 is 2.07 bits per heavy atom. The Labute approximate surface area is 171 Å². The van der Waals surface area contributed by atoms with Crippen molar-refractivity contribution >= 4 is 23.9 Å². The molecule has 0 bridgehead atoms. The van der Waals surface area contributed by atoms with E-state index in [1.807, 2.05) is 36.4 Å². The quantitative estimate of drug-likeness (QED) is 0.849. The maximum absolute atomic E-state index is 12.7. The molecule has 1 saturated heterocycles. The van der Waals surface area contributed by atoms with E-state index >= 15 is 0 Å². The molecule has 1 unspecified atom stereocenters. The fraction of sp³-hybridized carbons (Fsp3) is 0.476. The normalized spacial score (nSPS) is 20.9. The van der Waals surface area contributed by atoms with Gasteiger partial charge in [0.2, 0.25) is 0 Å². The van der Waals surface area contributed by atoms with E-state index in [1.54, 1.807) is 7.11 Å². The molecule has 4 rings (SSSR count). The van der Waals surface area contributed by atoms with Crippen LogP contribution in [0.5, 0.6) is 5.75 Å². The molecule has 3 heterocycles. The average molecular weight is 396 g/mol. The topological polar surface area (TPSA) is 72.8 Å². The van der Waals surface area contributed by atoms with Gasteiger partial charge in [0.25, 0.3) is 0 Å². The molecule has 8 nitrogen and oxygen atoms in total. The largest absolute Gasteiger partial charge is 0.495 e. The molecule has 154 valence electrons. The van der Waals surface area contributed by atoms with E-state index in [0.717, 1.165) is 43.3 Å². The number of hydrogen-bond donors (Lipinski definition) is 1. The molecule has 1 aromatic carbocycles. The number of fused-ring (bicyclic) bond motifs is 1. The Morgan fingerprint density at radius 1 is 1.28 bits per heavy atom. The first-order valence-electron chi connectivity index (χ1n) is 10.1. The van der Waals surface area contributed by atoms with E-state index < -0.39 is 0 Å². The van der Waals surface area contributed by atoms with Gasteiger partial charge < -0.3 is 24.8 Å². The molecule has 0 aromatic heterocycles. The third kappa shape index (κ3) is 4.06. The molecule has 0 spiro atoms. The second-order valence-electron chi connectivity index (χ2n) is 7.56. The van der Waals surface area contributed by atoms with Gasteiger partial charge in [0, 0.05) is 38.8 Å². The lowest BCUT2D eigenvalue weighted by atomic mass is 10.2. The van der Waals surface area contributed by atoms with Crippen LogP contribution in [0.25, 0.3) is 0 Å². The van der Waals surface area contributed by atoms with Crippen LogP contribution < -0.4 is 10.1 Å². The lowest BCUT2D eigenvalue weighted by Gasteiger charge is -2.36. The molecule has 3 aliphatic rings. The zero-order chi connectivity index (χ0) is 20.4. The number of hydrogen-bond acceptors (Lipinski definition) is 6. The Hall–Kier alpha value is -3.03. The third-order valence-corrected chi connectivity index (χ3v) is 5.56. The number of anilines is 1. The van der Waals surface area contributed by atoms with E-state index in [4.69, 9.17) is 9.73 Å². The van der Waals surface area contributed by atoms with Crippen molar-refractivity contribution in [2.45, 2.75) is 26.3 Å². The minimum absolute atomic E-state index is 0.105. The van der Waals surface area contributed by atoms with Crippen LogP contribution in [0.3, 0.4) is 0 Å². The van der Waals surface area contributed by atoms with Crippen LogP contribution in [0, 0.1) is 6.92 Å². The number of aliphatic imine (C=N–C) groups is 2. The molecule has 1 atom stereocenters. The molecule has 29 heavy (non-hydrogen) atoms. The molecule has 1 aromatic rings. The van der Waals surface area contributed by atoms with Crippen LogP contribution in [0.15, 0.2) is 40.1 Å². The van der Waals surface area contributed by atoms with Crippen LogP contribution in [0.2, 0.25) is 0 Å². The maximum Gasteiger partial charge on any atom is 0.322 e. The third-order valence-electron chi connectivity index (χ3n) is 5.56. The summed E-state index contributed by atoms with van der Waals surface area (Å²) in [6.45, 7) is 7.82. The second-order valence-corrected chi connectivity index (χ2v) is 7.56. The molecular weight excluding hydrogens is 368 g/mol. The highest BCUT2D eigenvalue weighted by atomic mass is 16.5. The summed E-state index contributed by atoms with van der Waals surface area (Å²) in [5.41, 5.74) is 1.77. The van der Waals surface area contributed by atoms with Gasteiger partial charge in [-0.1, -0.05) is 13.0 Å². The number of rotatable bonds is 4. The number of methoxy groups -OCH3 is 1. The number of urea groups is 1. The fourth-order valence-electron chi connectivity index (χ4n) is 3.78. The molecule has 0 aliphatic carbocycles. The SMILES string of the molecule is CCC1CN2C=NC(N3CCN(C(=O)Nc4cc(C)ccc4OC)CC3)=CC2=N1. The van der Waals surface area contributed by atoms with E-state index in [2.05, 4.69) is 33.1 Å². The van der Waals surface area contributed by atoms with Gasteiger partial charge in [-0.3, -0.25) is 4.99 Å². The summed E-state index contributed by atoms with van der Waals surface area (Å²) < 4.78 is 5.35. The zero-order valence-electron chi connectivity index (χ0n) is 17.3. The summed E-state index contributed by atoms with van der Waals surface area (Å²) in [5.74, 6) is 2.59. The molecule has 1 N–H and O–H groups in total. The summed E-state index contributed by atoms with van der Waals surface area (Å²) in [5, 5.41) is 2.98. The van der Waals surface area contributed by atoms with Gasteiger partial charge >= 0.3 is 6.03 Å². The molecule has 1 fully saturated rings. The number of nitrogens with zero attached hydrogens (tertiary/aromatic N) is 5. The van der Waals surface area contributed by atoms with E-state index in [9.17, 15) is 4.79 Å². The number of carbonyl (C=O) groups is 1. The highest BCUT2D eigenvalue weighted by Gasteiger charge is 2.28. The fourth-order valence-corrected chi connectivity index (χ4v) is 3.78. The van der Waals surface area contributed by atoms with Crippen molar-refractivity contribution in [3.63, 3.8) is 0 Å². The molecule has 0 radical (unpaired) electrons. The molecule has 0 saturated carbocycles. The monoisotopic (exact) mass is 396 g/mol. The Kier molecular flexibility index (Phi) is 5.42. The number of carbonyl (C=O) groups excluding carboxylic acids is 1. The van der Waals surface area contributed by atoms with Gasteiger partial charge in [0.05, 0.1) is 25.2 Å². The molecule has 8 heteroatoms. The highest BCUT2D eigenvalue weighted by Crippen LogP contribution is 2.26. The lowest BCUT2D eigenvalue weighted by Crippen LogP contribution is -2.50. The first-order chi connectivity index (χ1) is 14.1. The van der Waals surface area contributed by atoms with Gasteiger partial charge in [-0.05, 0) is 31.0 Å². The van der Waals surface area contributed by atoms with Crippen molar-refractivity contribution < 1.29 is 9.53 Å². The number of ether oxygens (including phenoxy) is 1. The molecule has 2 amide bonds. The van der Waals surface area contributed by atoms with Crippen LogP contribution in [-0.2, 0) is 0 Å². The second kappa shape index (κ2) is 8.14. The number of nitrogens with one attached hydrogen (secondary N) is 1. The van der Waals surface area contributed by atoms with E-state index in [-0.39, 0.29) is 6.03 Å². The zero-order valence-corrected chi connectivity index (χ0v) is 17.3. The minimum Gasteiger partial charge on any atom is -0.495 e. The van der Waals surface area contributed by atoms with Gasteiger partial charge in [-0.2, -0.15) is 0 Å². The van der Waals surface area contributed by atoms with Crippen molar-refractivity contribution in [2.24, 2.45) is 9.98 Å². The number of amidine groups is 1. The van der Waals surface area contributed by atoms with Crippen LogP contribution in [-0.4, -0.2) is 78.8 Å². The van der Waals surface area contributed by atoms with Gasteiger partial charge in [0.1, 0.15) is 17.4 Å².